The summed E-state index contributed by atoms with van der Waals surface area (Å²) in [6.07, 6.45) is 0. The van der Waals surface area contributed by atoms with Gasteiger partial charge in [0.05, 0.1) is 10.7 Å². The van der Waals surface area contributed by atoms with E-state index in [2.05, 4.69) is 10.6 Å². The molecule has 0 saturated heterocycles. The van der Waals surface area contributed by atoms with Crippen molar-refractivity contribution in [2.75, 3.05) is 29.6 Å². The first-order chi connectivity index (χ1) is 10.4. The second-order valence-corrected chi connectivity index (χ2v) is 5.87. The number of hydrogen-bond donors (Lipinski definition) is 2. The predicted molar refractivity (Wildman–Crippen MR) is 94.3 cm³/mol. The standard InChI is InChI=1S/C17H20ClN3O/c1-11-9-12(2)16(15(18)10-11)20-17(22)19-13-5-7-14(8-6-13)21(3)4/h5-10H,1-4H3,(H2,19,20,22). The molecule has 0 radical (unpaired) electrons. The van der Waals surface area contributed by atoms with Crippen molar-refractivity contribution in [3.05, 3.63) is 52.5 Å². The van der Waals surface area contributed by atoms with Crippen molar-refractivity contribution in [1.82, 2.24) is 0 Å². The first-order valence-electron chi connectivity index (χ1n) is 6.99. The average Bonchev–Trinajstić information content (AvgIpc) is 2.43. The van der Waals surface area contributed by atoms with E-state index in [4.69, 9.17) is 11.6 Å². The van der Waals surface area contributed by atoms with E-state index in [-0.39, 0.29) is 6.03 Å². The highest BCUT2D eigenvalue weighted by Gasteiger charge is 2.09. The molecular formula is C17H20ClN3O. The number of urea groups is 1. The molecule has 0 spiro atoms. The summed E-state index contributed by atoms with van der Waals surface area (Å²) in [6, 6.07) is 11.1. The van der Waals surface area contributed by atoms with Crippen molar-refractivity contribution < 1.29 is 4.79 Å². The van der Waals surface area contributed by atoms with Gasteiger partial charge in [0.15, 0.2) is 0 Å². The summed E-state index contributed by atoms with van der Waals surface area (Å²) in [5.41, 5.74) is 4.43. The fraction of sp³-hybridized carbons (Fsp3) is 0.235. The maximum Gasteiger partial charge on any atom is 0.323 e. The van der Waals surface area contributed by atoms with Crippen LogP contribution in [-0.2, 0) is 0 Å². The third-order valence-electron chi connectivity index (χ3n) is 3.31. The largest absolute Gasteiger partial charge is 0.378 e. The molecule has 0 aliphatic rings. The maximum atomic E-state index is 12.1. The van der Waals surface area contributed by atoms with Crippen LogP contribution < -0.4 is 15.5 Å². The lowest BCUT2D eigenvalue weighted by molar-refractivity contribution is 0.262. The lowest BCUT2D eigenvalue weighted by Gasteiger charge is -2.14. The highest BCUT2D eigenvalue weighted by Crippen LogP contribution is 2.27. The molecule has 0 saturated carbocycles. The number of hydrogen-bond acceptors (Lipinski definition) is 2. The zero-order valence-corrected chi connectivity index (χ0v) is 14.0. The van der Waals surface area contributed by atoms with Crippen LogP contribution in [-0.4, -0.2) is 20.1 Å². The molecule has 0 aliphatic carbocycles. The van der Waals surface area contributed by atoms with Crippen LogP contribution in [0.3, 0.4) is 0 Å². The van der Waals surface area contributed by atoms with Gasteiger partial charge in [-0.1, -0.05) is 17.7 Å². The minimum Gasteiger partial charge on any atom is -0.378 e. The summed E-state index contributed by atoms with van der Waals surface area (Å²) >= 11 is 6.19. The number of nitrogens with zero attached hydrogens (tertiary/aromatic N) is 1. The molecule has 116 valence electrons. The van der Waals surface area contributed by atoms with Crippen molar-refractivity contribution in [3.8, 4) is 0 Å². The molecule has 0 fully saturated rings. The van der Waals surface area contributed by atoms with Crippen LogP contribution in [0.15, 0.2) is 36.4 Å². The van der Waals surface area contributed by atoms with E-state index < -0.39 is 0 Å². The Morgan fingerprint density at radius 3 is 2.23 bits per heavy atom. The highest BCUT2D eigenvalue weighted by atomic mass is 35.5. The molecule has 0 unspecified atom stereocenters. The summed E-state index contributed by atoms with van der Waals surface area (Å²) in [6.45, 7) is 3.88. The number of carbonyl (C=O) groups excluding carboxylic acids is 1. The molecular weight excluding hydrogens is 298 g/mol. The molecule has 2 N–H and O–H groups in total. The summed E-state index contributed by atoms with van der Waals surface area (Å²) in [4.78, 5) is 14.1. The first kappa shape index (κ1) is 16.2. The molecule has 2 aromatic rings. The number of amides is 2. The molecule has 2 amide bonds. The predicted octanol–water partition coefficient (Wildman–Crippen LogP) is 4.67. The van der Waals surface area contributed by atoms with E-state index in [1.54, 1.807) is 0 Å². The Morgan fingerprint density at radius 1 is 1.05 bits per heavy atom. The van der Waals surface area contributed by atoms with E-state index in [1.165, 1.54) is 0 Å². The van der Waals surface area contributed by atoms with Crippen LogP contribution in [0.25, 0.3) is 0 Å². The molecule has 2 aromatic carbocycles. The molecule has 0 bridgehead atoms. The lowest BCUT2D eigenvalue weighted by atomic mass is 10.1. The molecule has 2 rings (SSSR count). The van der Waals surface area contributed by atoms with Crippen molar-refractivity contribution in [2.45, 2.75) is 13.8 Å². The molecule has 4 nitrogen and oxygen atoms in total. The Kier molecular flexibility index (Phi) is 4.93. The van der Waals surface area contributed by atoms with Crippen molar-refractivity contribution >= 4 is 34.7 Å². The minimum atomic E-state index is -0.313. The third kappa shape index (κ3) is 3.92. The Hall–Kier alpha value is -2.20. The van der Waals surface area contributed by atoms with E-state index in [9.17, 15) is 4.79 Å². The smallest absolute Gasteiger partial charge is 0.323 e. The number of nitrogens with one attached hydrogen (secondary N) is 2. The Balaban J connectivity index is 2.07. The minimum absolute atomic E-state index is 0.313. The quantitative estimate of drug-likeness (QED) is 0.864. The zero-order chi connectivity index (χ0) is 16.3. The number of rotatable bonds is 3. The summed E-state index contributed by atoms with van der Waals surface area (Å²) in [5, 5.41) is 6.14. The van der Waals surface area contributed by atoms with Crippen LogP contribution in [0.2, 0.25) is 5.02 Å². The van der Waals surface area contributed by atoms with Crippen LogP contribution in [0, 0.1) is 13.8 Å². The van der Waals surface area contributed by atoms with Gasteiger partial charge in [-0.3, -0.25) is 0 Å². The lowest BCUT2D eigenvalue weighted by Crippen LogP contribution is -2.20. The van der Waals surface area contributed by atoms with Crippen LogP contribution in [0.1, 0.15) is 11.1 Å². The van der Waals surface area contributed by atoms with E-state index in [0.717, 1.165) is 22.5 Å². The second kappa shape index (κ2) is 6.71. The molecule has 0 heterocycles. The Bertz CT molecular complexity index is 658. The zero-order valence-electron chi connectivity index (χ0n) is 13.2. The van der Waals surface area contributed by atoms with Crippen molar-refractivity contribution in [3.63, 3.8) is 0 Å². The second-order valence-electron chi connectivity index (χ2n) is 5.46. The van der Waals surface area contributed by atoms with Crippen molar-refractivity contribution in [2.24, 2.45) is 0 Å². The number of benzene rings is 2. The SMILES string of the molecule is Cc1cc(C)c(NC(=O)Nc2ccc(N(C)C)cc2)c(Cl)c1. The number of anilines is 3. The van der Waals surface area contributed by atoms with Gasteiger partial charge in [-0.25, -0.2) is 4.79 Å². The van der Waals surface area contributed by atoms with Crippen LogP contribution >= 0.6 is 11.6 Å². The van der Waals surface area contributed by atoms with E-state index >= 15 is 0 Å². The molecule has 22 heavy (non-hydrogen) atoms. The molecule has 0 aromatic heterocycles. The van der Waals surface area contributed by atoms with Gasteiger partial charge in [-0.2, -0.15) is 0 Å². The van der Waals surface area contributed by atoms with Gasteiger partial charge < -0.3 is 15.5 Å². The van der Waals surface area contributed by atoms with Gasteiger partial charge in [-0.05, 0) is 55.3 Å². The topological polar surface area (TPSA) is 44.4 Å². The highest BCUT2D eigenvalue weighted by molar-refractivity contribution is 6.34. The van der Waals surface area contributed by atoms with E-state index in [0.29, 0.717) is 10.7 Å². The Labute approximate surface area is 136 Å². The fourth-order valence-electron chi connectivity index (χ4n) is 2.19. The number of halogens is 1. The van der Waals surface area contributed by atoms with Crippen molar-refractivity contribution in [1.29, 1.82) is 0 Å². The van der Waals surface area contributed by atoms with Gasteiger partial charge in [0.2, 0.25) is 0 Å². The first-order valence-corrected chi connectivity index (χ1v) is 7.37. The van der Waals surface area contributed by atoms with Crippen LogP contribution in [0.5, 0.6) is 0 Å². The summed E-state index contributed by atoms with van der Waals surface area (Å²) in [7, 11) is 3.94. The van der Waals surface area contributed by atoms with E-state index in [1.807, 2.05) is 69.2 Å². The van der Waals surface area contributed by atoms with Gasteiger partial charge in [0.1, 0.15) is 0 Å². The average molecular weight is 318 g/mol. The number of aryl methyl sites for hydroxylation is 2. The summed E-state index contributed by atoms with van der Waals surface area (Å²) in [5.74, 6) is 0. The summed E-state index contributed by atoms with van der Waals surface area (Å²) < 4.78 is 0. The molecule has 5 heteroatoms. The normalized spacial score (nSPS) is 10.2. The van der Waals surface area contributed by atoms with Crippen LogP contribution in [0.4, 0.5) is 21.9 Å². The Morgan fingerprint density at radius 2 is 1.68 bits per heavy atom. The number of carbonyl (C=O) groups is 1. The van der Waals surface area contributed by atoms with Gasteiger partial charge in [0.25, 0.3) is 0 Å². The van der Waals surface area contributed by atoms with Gasteiger partial charge in [-0.15, -0.1) is 0 Å². The fourth-order valence-corrected chi connectivity index (χ4v) is 2.56. The third-order valence-corrected chi connectivity index (χ3v) is 3.61. The molecule has 0 atom stereocenters. The van der Waals surface area contributed by atoms with Gasteiger partial charge in [0, 0.05) is 25.5 Å². The monoisotopic (exact) mass is 317 g/mol. The maximum absolute atomic E-state index is 12.1. The molecule has 0 aliphatic heterocycles. The van der Waals surface area contributed by atoms with Gasteiger partial charge >= 0.3 is 6.03 Å².